The molecule has 1 unspecified atom stereocenters. The lowest BCUT2D eigenvalue weighted by Crippen LogP contribution is -2.48. The minimum atomic E-state index is -0.143. The predicted molar refractivity (Wildman–Crippen MR) is 62.2 cm³/mol. The van der Waals surface area contributed by atoms with Crippen LogP contribution in [0.4, 0.5) is 0 Å². The van der Waals surface area contributed by atoms with E-state index in [1.54, 1.807) is 18.3 Å². The van der Waals surface area contributed by atoms with Crippen molar-refractivity contribution in [3.05, 3.63) is 41.3 Å². The lowest BCUT2D eigenvalue weighted by molar-refractivity contribution is 0.142. The summed E-state index contributed by atoms with van der Waals surface area (Å²) in [6.07, 6.45) is 3.25. The zero-order chi connectivity index (χ0) is 11.4. The highest BCUT2D eigenvalue weighted by Crippen LogP contribution is 2.11. The van der Waals surface area contributed by atoms with Crippen molar-refractivity contribution in [3.8, 4) is 0 Å². The van der Waals surface area contributed by atoms with E-state index in [2.05, 4.69) is 21.9 Å². The van der Waals surface area contributed by atoms with Crippen molar-refractivity contribution in [1.29, 1.82) is 0 Å². The molecule has 0 spiro atoms. The van der Waals surface area contributed by atoms with E-state index in [0.717, 1.165) is 26.2 Å². The van der Waals surface area contributed by atoms with E-state index in [1.807, 2.05) is 0 Å². The molecule has 1 aliphatic heterocycles. The summed E-state index contributed by atoms with van der Waals surface area (Å²) in [6, 6.07) is 3.17. The zero-order valence-corrected chi connectivity index (χ0v) is 9.17. The molecule has 1 aromatic heterocycles. The van der Waals surface area contributed by atoms with Gasteiger partial charge >= 0.3 is 0 Å². The Morgan fingerprint density at radius 3 is 2.88 bits per heavy atom. The molecular formula is C11H16N4O. The van der Waals surface area contributed by atoms with Crippen LogP contribution in [0.5, 0.6) is 0 Å². The molecule has 2 rings (SSSR count). The van der Waals surface area contributed by atoms with Gasteiger partial charge in [0.05, 0.1) is 0 Å². The first kappa shape index (κ1) is 11.0. The van der Waals surface area contributed by atoms with E-state index in [-0.39, 0.29) is 11.7 Å². The number of hydrogen-bond acceptors (Lipinski definition) is 4. The predicted octanol–water partition coefficient (Wildman–Crippen LogP) is -0.167. The third-order valence-corrected chi connectivity index (χ3v) is 2.73. The molecular weight excluding hydrogens is 204 g/mol. The Morgan fingerprint density at radius 1 is 1.50 bits per heavy atom. The van der Waals surface area contributed by atoms with Crippen LogP contribution in [0.1, 0.15) is 6.17 Å². The SMILES string of the molecule is C=CC(N1CCNCC1)n1ncccc1=O. The molecule has 0 aromatic carbocycles. The van der Waals surface area contributed by atoms with Gasteiger partial charge in [-0.1, -0.05) is 12.7 Å². The highest BCUT2D eigenvalue weighted by molar-refractivity contribution is 4.92. The number of piperazine rings is 1. The van der Waals surface area contributed by atoms with E-state index < -0.39 is 0 Å². The van der Waals surface area contributed by atoms with Crippen molar-refractivity contribution in [2.24, 2.45) is 0 Å². The number of hydrogen-bond donors (Lipinski definition) is 1. The Kier molecular flexibility index (Phi) is 3.48. The van der Waals surface area contributed by atoms with Crippen molar-refractivity contribution in [2.45, 2.75) is 6.17 Å². The van der Waals surface area contributed by atoms with Crippen LogP contribution < -0.4 is 10.9 Å². The van der Waals surface area contributed by atoms with Gasteiger partial charge in [0.25, 0.3) is 5.56 Å². The van der Waals surface area contributed by atoms with Gasteiger partial charge in [0.1, 0.15) is 6.17 Å². The topological polar surface area (TPSA) is 50.2 Å². The van der Waals surface area contributed by atoms with Gasteiger partial charge in [0.15, 0.2) is 0 Å². The Bertz CT molecular complexity index is 408. The van der Waals surface area contributed by atoms with Crippen molar-refractivity contribution in [3.63, 3.8) is 0 Å². The lowest BCUT2D eigenvalue weighted by atomic mass is 10.3. The molecule has 2 heterocycles. The van der Waals surface area contributed by atoms with Gasteiger partial charge in [-0.2, -0.15) is 5.10 Å². The molecule has 1 saturated heterocycles. The fraction of sp³-hybridized carbons (Fsp3) is 0.455. The van der Waals surface area contributed by atoms with E-state index >= 15 is 0 Å². The molecule has 5 heteroatoms. The zero-order valence-electron chi connectivity index (χ0n) is 9.17. The van der Waals surface area contributed by atoms with Crippen LogP contribution in [0.2, 0.25) is 0 Å². The molecule has 16 heavy (non-hydrogen) atoms. The number of rotatable bonds is 3. The lowest BCUT2D eigenvalue weighted by Gasteiger charge is -2.33. The molecule has 1 fully saturated rings. The fourth-order valence-corrected chi connectivity index (χ4v) is 1.92. The van der Waals surface area contributed by atoms with Gasteiger partial charge in [-0.25, -0.2) is 4.68 Å². The highest BCUT2D eigenvalue weighted by atomic mass is 16.1. The first-order valence-electron chi connectivity index (χ1n) is 5.44. The van der Waals surface area contributed by atoms with Gasteiger partial charge in [-0.05, 0) is 6.07 Å². The average Bonchev–Trinajstić information content (AvgIpc) is 2.34. The monoisotopic (exact) mass is 220 g/mol. The number of nitrogens with zero attached hydrogens (tertiary/aromatic N) is 3. The molecule has 1 N–H and O–H groups in total. The Labute approximate surface area is 94.4 Å². The fourth-order valence-electron chi connectivity index (χ4n) is 1.92. The second-order valence-electron chi connectivity index (χ2n) is 3.74. The van der Waals surface area contributed by atoms with Gasteiger partial charge in [0.2, 0.25) is 0 Å². The number of nitrogens with one attached hydrogen (secondary N) is 1. The highest BCUT2D eigenvalue weighted by Gasteiger charge is 2.20. The Balaban J connectivity index is 2.25. The van der Waals surface area contributed by atoms with Gasteiger partial charge in [0, 0.05) is 38.4 Å². The molecule has 0 amide bonds. The van der Waals surface area contributed by atoms with E-state index in [0.29, 0.717) is 0 Å². The second kappa shape index (κ2) is 5.05. The second-order valence-corrected chi connectivity index (χ2v) is 3.74. The van der Waals surface area contributed by atoms with Crippen LogP contribution in [0.15, 0.2) is 35.8 Å². The largest absolute Gasteiger partial charge is 0.314 e. The molecule has 1 aliphatic rings. The Hall–Kier alpha value is -1.46. The first-order valence-corrected chi connectivity index (χ1v) is 5.44. The molecule has 0 radical (unpaired) electrons. The molecule has 0 saturated carbocycles. The minimum Gasteiger partial charge on any atom is -0.314 e. The maximum Gasteiger partial charge on any atom is 0.268 e. The molecule has 0 aliphatic carbocycles. The summed E-state index contributed by atoms with van der Waals surface area (Å²) in [5, 5.41) is 7.37. The summed E-state index contributed by atoms with van der Waals surface area (Å²) >= 11 is 0. The van der Waals surface area contributed by atoms with Crippen LogP contribution in [0.3, 0.4) is 0 Å². The summed E-state index contributed by atoms with van der Waals surface area (Å²) in [7, 11) is 0. The van der Waals surface area contributed by atoms with Crippen molar-refractivity contribution in [2.75, 3.05) is 26.2 Å². The summed E-state index contributed by atoms with van der Waals surface area (Å²) in [6.45, 7) is 7.47. The summed E-state index contributed by atoms with van der Waals surface area (Å²) < 4.78 is 1.47. The molecule has 5 nitrogen and oxygen atoms in total. The van der Waals surface area contributed by atoms with Crippen molar-refractivity contribution in [1.82, 2.24) is 20.0 Å². The van der Waals surface area contributed by atoms with E-state index in [9.17, 15) is 4.79 Å². The van der Waals surface area contributed by atoms with Crippen LogP contribution in [-0.2, 0) is 0 Å². The summed E-state index contributed by atoms with van der Waals surface area (Å²) in [5.41, 5.74) is -0.0917. The third kappa shape index (κ3) is 2.20. The van der Waals surface area contributed by atoms with Gasteiger partial charge in [-0.15, -0.1) is 0 Å². The summed E-state index contributed by atoms with van der Waals surface area (Å²) in [4.78, 5) is 13.9. The van der Waals surface area contributed by atoms with Crippen LogP contribution in [0, 0.1) is 0 Å². The standard InChI is InChI=1S/C11H16N4O/c1-2-10(14-8-6-12-7-9-14)15-11(16)4-3-5-13-15/h2-5,10,12H,1,6-9H2. The molecule has 86 valence electrons. The van der Waals surface area contributed by atoms with Gasteiger partial charge in [-0.3, -0.25) is 9.69 Å². The third-order valence-electron chi connectivity index (χ3n) is 2.73. The minimum absolute atomic E-state index is 0.0917. The van der Waals surface area contributed by atoms with E-state index in [1.165, 1.54) is 10.7 Å². The maximum atomic E-state index is 11.7. The summed E-state index contributed by atoms with van der Waals surface area (Å²) in [5.74, 6) is 0. The molecule has 0 bridgehead atoms. The van der Waals surface area contributed by atoms with Gasteiger partial charge < -0.3 is 5.32 Å². The quantitative estimate of drug-likeness (QED) is 0.719. The maximum absolute atomic E-state index is 11.7. The number of aromatic nitrogens is 2. The normalized spacial score (nSPS) is 19.2. The average molecular weight is 220 g/mol. The molecule has 1 atom stereocenters. The van der Waals surface area contributed by atoms with Crippen LogP contribution in [0.25, 0.3) is 0 Å². The van der Waals surface area contributed by atoms with Crippen LogP contribution >= 0.6 is 0 Å². The van der Waals surface area contributed by atoms with Crippen molar-refractivity contribution >= 4 is 0 Å². The van der Waals surface area contributed by atoms with Crippen molar-refractivity contribution < 1.29 is 0 Å². The first-order chi connectivity index (χ1) is 7.83. The molecule has 1 aromatic rings. The smallest absolute Gasteiger partial charge is 0.268 e. The Morgan fingerprint density at radius 2 is 2.25 bits per heavy atom. The van der Waals surface area contributed by atoms with E-state index in [4.69, 9.17) is 0 Å². The van der Waals surface area contributed by atoms with Crippen LogP contribution in [-0.4, -0.2) is 40.9 Å².